The smallest absolute Gasteiger partial charge is 0.303 e. The number of ether oxygens (including phenoxy) is 1. The van der Waals surface area contributed by atoms with Gasteiger partial charge in [-0.25, -0.2) is 17.5 Å². The summed E-state index contributed by atoms with van der Waals surface area (Å²) in [5.41, 5.74) is 5.43. The number of carboxylic acids is 1. The quantitative estimate of drug-likeness (QED) is 0.0934. The molecule has 52 heavy (non-hydrogen) atoms. The second-order valence-electron chi connectivity index (χ2n) is 13.3. The molecule has 1 aliphatic heterocycles. The number of halogens is 2. The van der Waals surface area contributed by atoms with Crippen molar-refractivity contribution >= 4 is 38.6 Å². The molecule has 4 aromatic carbocycles. The molecule has 9 nitrogen and oxygen atoms in total. The number of sulfonamides is 1. The van der Waals surface area contributed by atoms with Gasteiger partial charge in [-0.15, -0.1) is 0 Å². The lowest BCUT2D eigenvalue weighted by atomic mass is 9.91. The molecule has 1 saturated heterocycles. The van der Waals surface area contributed by atoms with Gasteiger partial charge in [0.2, 0.25) is 10.0 Å². The highest BCUT2D eigenvalue weighted by Crippen LogP contribution is 2.33. The SMILES string of the molecule is O=C(O)CCc1cc(CCNS(=O)(=O)c2ccc(Cl)cc2)cc(CCc2ccccc2OCCCN2CCC(c3noc4cc(F)ccc34)CC2)c1. The van der Waals surface area contributed by atoms with Crippen molar-refractivity contribution in [2.24, 2.45) is 0 Å². The highest BCUT2D eigenvalue weighted by atomic mass is 35.5. The molecular weight excluding hydrogens is 705 g/mol. The van der Waals surface area contributed by atoms with Gasteiger partial charge in [-0.2, -0.15) is 0 Å². The maximum absolute atomic E-state index is 13.6. The fraction of sp³-hybridized carbons (Fsp3) is 0.350. The first-order chi connectivity index (χ1) is 25.1. The van der Waals surface area contributed by atoms with Gasteiger partial charge in [-0.05, 0) is 123 Å². The normalized spacial score (nSPS) is 14.2. The Morgan fingerprint density at radius 2 is 1.65 bits per heavy atom. The van der Waals surface area contributed by atoms with Gasteiger partial charge in [0.25, 0.3) is 0 Å². The molecule has 0 spiro atoms. The van der Waals surface area contributed by atoms with Crippen LogP contribution in [0.25, 0.3) is 11.0 Å². The highest BCUT2D eigenvalue weighted by Gasteiger charge is 2.25. The van der Waals surface area contributed by atoms with Gasteiger partial charge >= 0.3 is 5.97 Å². The molecule has 274 valence electrons. The summed E-state index contributed by atoms with van der Waals surface area (Å²) < 4.78 is 53.4. The third-order valence-electron chi connectivity index (χ3n) is 9.54. The number of nitrogens with one attached hydrogen (secondary N) is 1. The topological polar surface area (TPSA) is 122 Å². The number of benzene rings is 4. The average molecular weight is 748 g/mol. The predicted octanol–water partition coefficient (Wildman–Crippen LogP) is 7.59. The molecule has 6 rings (SSSR count). The first kappa shape index (κ1) is 37.5. The number of fused-ring (bicyclic) bond motifs is 1. The average Bonchev–Trinajstić information content (AvgIpc) is 3.55. The van der Waals surface area contributed by atoms with E-state index in [2.05, 4.69) is 26.9 Å². The van der Waals surface area contributed by atoms with Gasteiger partial charge in [0.15, 0.2) is 5.58 Å². The lowest BCUT2D eigenvalue weighted by molar-refractivity contribution is -0.136. The molecule has 0 bridgehead atoms. The van der Waals surface area contributed by atoms with Crippen LogP contribution >= 0.6 is 11.6 Å². The zero-order chi connectivity index (χ0) is 36.5. The molecule has 0 unspecified atom stereocenters. The number of piperidine rings is 1. The van der Waals surface area contributed by atoms with Gasteiger partial charge in [0.1, 0.15) is 11.6 Å². The fourth-order valence-electron chi connectivity index (χ4n) is 6.81. The zero-order valence-electron chi connectivity index (χ0n) is 28.9. The Morgan fingerprint density at radius 3 is 2.40 bits per heavy atom. The van der Waals surface area contributed by atoms with Crippen molar-refractivity contribution in [3.8, 4) is 5.75 Å². The van der Waals surface area contributed by atoms with Crippen molar-refractivity contribution in [1.29, 1.82) is 0 Å². The minimum atomic E-state index is -3.69. The zero-order valence-corrected chi connectivity index (χ0v) is 30.5. The monoisotopic (exact) mass is 747 g/mol. The first-order valence-corrected chi connectivity index (χ1v) is 19.6. The second kappa shape index (κ2) is 17.5. The molecular formula is C40H43ClFN3O6S. The third-order valence-corrected chi connectivity index (χ3v) is 11.3. The van der Waals surface area contributed by atoms with Crippen LogP contribution in [0.1, 0.15) is 59.5 Å². The number of nitrogens with zero attached hydrogens (tertiary/aromatic N) is 2. The van der Waals surface area contributed by atoms with Crippen LogP contribution in [-0.2, 0) is 40.5 Å². The van der Waals surface area contributed by atoms with E-state index < -0.39 is 16.0 Å². The Bertz CT molecular complexity index is 2080. The largest absolute Gasteiger partial charge is 0.493 e. The minimum absolute atomic E-state index is 0.0157. The molecule has 1 aliphatic rings. The van der Waals surface area contributed by atoms with E-state index in [0.717, 1.165) is 90.8 Å². The summed E-state index contributed by atoms with van der Waals surface area (Å²) >= 11 is 5.91. The lowest BCUT2D eigenvalue weighted by Crippen LogP contribution is -2.34. The molecule has 5 aromatic rings. The summed E-state index contributed by atoms with van der Waals surface area (Å²) in [7, 11) is -3.69. The van der Waals surface area contributed by atoms with Crippen LogP contribution in [0.4, 0.5) is 4.39 Å². The summed E-state index contributed by atoms with van der Waals surface area (Å²) in [5, 5.41) is 14.9. The van der Waals surface area contributed by atoms with E-state index in [-0.39, 0.29) is 23.7 Å². The van der Waals surface area contributed by atoms with Gasteiger partial charge < -0.3 is 19.3 Å². The van der Waals surface area contributed by atoms with Crippen LogP contribution in [0.15, 0.2) is 94.3 Å². The van der Waals surface area contributed by atoms with Crippen molar-refractivity contribution in [2.45, 2.75) is 62.2 Å². The van der Waals surface area contributed by atoms with Crippen LogP contribution in [0.3, 0.4) is 0 Å². The van der Waals surface area contributed by atoms with Gasteiger partial charge in [0, 0.05) is 41.9 Å². The Balaban J connectivity index is 0.994. The van der Waals surface area contributed by atoms with Crippen LogP contribution in [0, 0.1) is 5.82 Å². The van der Waals surface area contributed by atoms with Crippen molar-refractivity contribution in [2.75, 3.05) is 32.8 Å². The van der Waals surface area contributed by atoms with Crippen molar-refractivity contribution in [3.63, 3.8) is 0 Å². The molecule has 0 amide bonds. The predicted molar refractivity (Wildman–Crippen MR) is 199 cm³/mol. The van der Waals surface area contributed by atoms with E-state index in [1.54, 1.807) is 6.07 Å². The van der Waals surface area contributed by atoms with E-state index in [1.807, 2.05) is 30.3 Å². The lowest BCUT2D eigenvalue weighted by Gasteiger charge is -2.31. The summed E-state index contributed by atoms with van der Waals surface area (Å²) in [6, 6.07) is 24.7. The van der Waals surface area contributed by atoms with Crippen molar-refractivity contribution in [3.05, 3.63) is 124 Å². The number of likely N-dealkylation sites (tertiary alicyclic amines) is 1. The van der Waals surface area contributed by atoms with Crippen molar-refractivity contribution in [1.82, 2.24) is 14.8 Å². The van der Waals surface area contributed by atoms with Gasteiger partial charge in [-0.3, -0.25) is 4.79 Å². The van der Waals surface area contributed by atoms with E-state index >= 15 is 0 Å². The van der Waals surface area contributed by atoms with E-state index in [1.165, 1.54) is 36.4 Å². The Kier molecular flexibility index (Phi) is 12.6. The number of hydrogen-bond donors (Lipinski definition) is 2. The minimum Gasteiger partial charge on any atom is -0.493 e. The van der Waals surface area contributed by atoms with Gasteiger partial charge in [0.05, 0.1) is 17.2 Å². The maximum Gasteiger partial charge on any atom is 0.303 e. The molecule has 0 atom stereocenters. The standard InChI is InChI=1S/C40H43ClFN3O6S/c41-33-9-12-35(13-10-33)52(48,49)43-19-16-30-25-28(24-29(26-30)7-15-39(46)47)6-8-31-4-1-2-5-37(31)50-23-3-20-45-21-17-32(18-22-45)40-36-14-11-34(42)27-38(36)51-44-40/h1-2,4-5,9-14,24-27,32,43H,3,6-8,15-23H2,(H,46,47). The molecule has 12 heteroatoms. The molecule has 0 aliphatic carbocycles. The Hall–Kier alpha value is -4.29. The number of rotatable bonds is 17. The third kappa shape index (κ3) is 10.2. The van der Waals surface area contributed by atoms with Crippen LogP contribution < -0.4 is 9.46 Å². The van der Waals surface area contributed by atoms with E-state index in [0.29, 0.717) is 36.0 Å². The highest BCUT2D eigenvalue weighted by molar-refractivity contribution is 7.89. The number of carbonyl (C=O) groups is 1. The number of carboxylic acid groups (broad SMARTS) is 1. The van der Waals surface area contributed by atoms with Crippen LogP contribution in [0.5, 0.6) is 5.75 Å². The molecule has 0 saturated carbocycles. The molecule has 2 N–H and O–H groups in total. The molecule has 1 aromatic heterocycles. The first-order valence-electron chi connectivity index (χ1n) is 17.7. The maximum atomic E-state index is 13.6. The number of hydrogen-bond acceptors (Lipinski definition) is 7. The van der Waals surface area contributed by atoms with Crippen LogP contribution in [-0.4, -0.2) is 62.3 Å². The second-order valence-corrected chi connectivity index (χ2v) is 15.5. The Morgan fingerprint density at radius 1 is 0.942 bits per heavy atom. The fourth-order valence-corrected chi connectivity index (χ4v) is 7.96. The molecule has 2 heterocycles. The number of aliphatic carboxylic acids is 1. The molecule has 1 fully saturated rings. The van der Waals surface area contributed by atoms with Crippen LogP contribution in [0.2, 0.25) is 5.02 Å². The Labute approximate surface area is 308 Å². The van der Waals surface area contributed by atoms with E-state index in [9.17, 15) is 22.7 Å². The number of aryl methyl sites for hydroxylation is 3. The van der Waals surface area contributed by atoms with Gasteiger partial charge in [-0.1, -0.05) is 53.2 Å². The summed E-state index contributed by atoms with van der Waals surface area (Å²) in [5.74, 6) is -0.0305. The number of para-hydroxylation sites is 1. The summed E-state index contributed by atoms with van der Waals surface area (Å²) in [4.78, 5) is 13.9. The molecule has 0 radical (unpaired) electrons. The summed E-state index contributed by atoms with van der Waals surface area (Å²) in [6.45, 7) is 3.64. The summed E-state index contributed by atoms with van der Waals surface area (Å²) in [6.07, 6.45) is 5.15. The number of aromatic nitrogens is 1. The van der Waals surface area contributed by atoms with E-state index in [4.69, 9.17) is 20.9 Å². The van der Waals surface area contributed by atoms with Crippen molar-refractivity contribution < 1.29 is 32.0 Å².